The van der Waals surface area contributed by atoms with Crippen molar-refractivity contribution in [3.8, 4) is 0 Å². The number of nitrogens with one attached hydrogen (secondary N) is 2. The molecule has 7 nitrogen and oxygen atoms in total. The third kappa shape index (κ3) is 3.06. The maximum atomic E-state index is 11.8. The van der Waals surface area contributed by atoms with E-state index in [2.05, 4.69) is 20.4 Å². The van der Waals surface area contributed by atoms with Crippen LogP contribution >= 0.6 is 0 Å². The minimum Gasteiger partial charge on any atom is -0.338 e. The zero-order valence-corrected chi connectivity index (χ0v) is 10.9. The van der Waals surface area contributed by atoms with Crippen LogP contribution in [0.4, 0.5) is 5.88 Å². The van der Waals surface area contributed by atoms with E-state index in [0.717, 1.165) is 18.1 Å². The van der Waals surface area contributed by atoms with Gasteiger partial charge >= 0.3 is 0 Å². The molecular formula is C12H14N4O3. The third-order valence-corrected chi connectivity index (χ3v) is 2.43. The SMILES string of the molecule is CC(C)(C)c1cc(NC(=O)c2cc(=O)[nH]cn2)on1. The fourth-order valence-corrected chi connectivity index (χ4v) is 1.36. The number of hydrogen-bond acceptors (Lipinski definition) is 5. The van der Waals surface area contributed by atoms with E-state index in [-0.39, 0.29) is 17.0 Å². The fourth-order valence-electron chi connectivity index (χ4n) is 1.36. The zero-order valence-electron chi connectivity index (χ0n) is 10.9. The normalized spacial score (nSPS) is 11.3. The molecule has 0 unspecified atom stereocenters. The molecule has 0 aliphatic rings. The van der Waals surface area contributed by atoms with E-state index < -0.39 is 11.5 Å². The summed E-state index contributed by atoms with van der Waals surface area (Å²) in [6.45, 7) is 5.94. The molecule has 0 saturated heterocycles. The van der Waals surface area contributed by atoms with Crippen LogP contribution in [-0.2, 0) is 5.41 Å². The molecule has 0 spiro atoms. The van der Waals surface area contributed by atoms with Gasteiger partial charge in [-0.15, -0.1) is 0 Å². The zero-order chi connectivity index (χ0) is 14.0. The Morgan fingerprint density at radius 2 is 2.11 bits per heavy atom. The van der Waals surface area contributed by atoms with Crippen LogP contribution in [0, 0.1) is 0 Å². The van der Waals surface area contributed by atoms with Gasteiger partial charge in [-0.3, -0.25) is 14.9 Å². The molecule has 0 aliphatic carbocycles. The number of H-pyrrole nitrogens is 1. The molecule has 2 rings (SSSR count). The standard InChI is InChI=1S/C12H14N4O3/c1-12(2,3)8-5-10(19-16-8)15-11(18)7-4-9(17)14-6-13-7/h4-6H,1-3H3,(H,15,18)(H,13,14,17). The molecule has 0 bridgehead atoms. The Morgan fingerprint density at radius 3 is 2.68 bits per heavy atom. The smallest absolute Gasteiger partial charge is 0.276 e. The minimum absolute atomic E-state index is 0.0115. The lowest BCUT2D eigenvalue weighted by Crippen LogP contribution is -2.17. The van der Waals surface area contributed by atoms with Gasteiger partial charge in [-0.25, -0.2) is 4.98 Å². The second kappa shape index (κ2) is 4.68. The van der Waals surface area contributed by atoms with Crippen molar-refractivity contribution in [2.75, 3.05) is 5.32 Å². The lowest BCUT2D eigenvalue weighted by molar-refractivity contribution is 0.101. The summed E-state index contributed by atoms with van der Waals surface area (Å²) in [7, 11) is 0. The number of rotatable bonds is 2. The van der Waals surface area contributed by atoms with Crippen LogP contribution in [0.3, 0.4) is 0 Å². The highest BCUT2D eigenvalue weighted by atomic mass is 16.5. The predicted molar refractivity (Wildman–Crippen MR) is 68.0 cm³/mol. The number of carbonyl (C=O) groups excluding carboxylic acids is 1. The van der Waals surface area contributed by atoms with E-state index in [9.17, 15) is 9.59 Å². The van der Waals surface area contributed by atoms with E-state index in [1.807, 2.05) is 20.8 Å². The van der Waals surface area contributed by atoms with Crippen LogP contribution < -0.4 is 10.9 Å². The largest absolute Gasteiger partial charge is 0.338 e. The first-order chi connectivity index (χ1) is 8.86. The van der Waals surface area contributed by atoms with Crippen molar-refractivity contribution < 1.29 is 9.32 Å². The number of aromatic amines is 1. The van der Waals surface area contributed by atoms with Gasteiger partial charge in [0.05, 0.1) is 12.0 Å². The van der Waals surface area contributed by atoms with Crippen molar-refractivity contribution >= 4 is 11.8 Å². The first kappa shape index (κ1) is 13.0. The van der Waals surface area contributed by atoms with E-state index in [1.165, 1.54) is 0 Å². The summed E-state index contributed by atoms with van der Waals surface area (Å²) in [4.78, 5) is 29.0. The topological polar surface area (TPSA) is 101 Å². The molecule has 19 heavy (non-hydrogen) atoms. The molecule has 0 fully saturated rings. The average Bonchev–Trinajstić information content (AvgIpc) is 2.77. The molecule has 0 aliphatic heterocycles. The molecule has 1 amide bonds. The number of anilines is 1. The Bertz CT molecular complexity index is 651. The first-order valence-corrected chi connectivity index (χ1v) is 5.69. The number of amides is 1. The Balaban J connectivity index is 2.16. The van der Waals surface area contributed by atoms with Gasteiger partial charge < -0.3 is 9.51 Å². The van der Waals surface area contributed by atoms with Crippen LogP contribution in [0.1, 0.15) is 37.0 Å². The minimum atomic E-state index is -0.525. The van der Waals surface area contributed by atoms with Gasteiger partial charge in [-0.2, -0.15) is 0 Å². The highest BCUT2D eigenvalue weighted by Crippen LogP contribution is 2.23. The fraction of sp³-hybridized carbons (Fsp3) is 0.333. The van der Waals surface area contributed by atoms with Crippen molar-refractivity contribution in [3.63, 3.8) is 0 Å². The van der Waals surface area contributed by atoms with Gasteiger partial charge in [0, 0.05) is 17.5 Å². The summed E-state index contributed by atoms with van der Waals surface area (Å²) in [5, 5.41) is 6.37. The van der Waals surface area contributed by atoms with Crippen molar-refractivity contribution in [2.24, 2.45) is 0 Å². The van der Waals surface area contributed by atoms with Gasteiger partial charge in [0.15, 0.2) is 0 Å². The summed E-state index contributed by atoms with van der Waals surface area (Å²) >= 11 is 0. The monoisotopic (exact) mass is 262 g/mol. The number of nitrogens with zero attached hydrogens (tertiary/aromatic N) is 2. The second-order valence-corrected chi connectivity index (χ2v) is 5.08. The summed E-state index contributed by atoms with van der Waals surface area (Å²) in [6.07, 6.45) is 1.16. The molecule has 0 aromatic carbocycles. The molecule has 2 aromatic heterocycles. The van der Waals surface area contributed by atoms with Gasteiger partial charge in [0.25, 0.3) is 11.5 Å². The van der Waals surface area contributed by atoms with Crippen LogP contribution in [0.5, 0.6) is 0 Å². The van der Waals surface area contributed by atoms with Crippen LogP contribution in [0.25, 0.3) is 0 Å². The van der Waals surface area contributed by atoms with E-state index in [4.69, 9.17) is 4.52 Å². The Labute approximate surface area is 109 Å². The number of aromatic nitrogens is 3. The summed E-state index contributed by atoms with van der Waals surface area (Å²) in [6, 6.07) is 2.75. The quantitative estimate of drug-likeness (QED) is 0.849. The molecule has 100 valence electrons. The molecule has 0 saturated carbocycles. The van der Waals surface area contributed by atoms with Crippen LogP contribution in [0.2, 0.25) is 0 Å². The van der Waals surface area contributed by atoms with Crippen LogP contribution in [0.15, 0.2) is 27.8 Å². The van der Waals surface area contributed by atoms with Crippen LogP contribution in [-0.4, -0.2) is 21.0 Å². The van der Waals surface area contributed by atoms with E-state index in [1.54, 1.807) is 6.07 Å². The lowest BCUT2D eigenvalue weighted by Gasteiger charge is -2.12. The van der Waals surface area contributed by atoms with Crippen molar-refractivity contribution in [1.29, 1.82) is 0 Å². The van der Waals surface area contributed by atoms with Crippen molar-refractivity contribution in [2.45, 2.75) is 26.2 Å². The highest BCUT2D eigenvalue weighted by Gasteiger charge is 2.20. The first-order valence-electron chi connectivity index (χ1n) is 5.69. The van der Waals surface area contributed by atoms with Crippen molar-refractivity contribution in [3.05, 3.63) is 40.2 Å². The molecule has 7 heteroatoms. The molecule has 2 heterocycles. The Hall–Kier alpha value is -2.44. The number of carbonyl (C=O) groups is 1. The molecular weight excluding hydrogens is 248 g/mol. The molecule has 2 aromatic rings. The van der Waals surface area contributed by atoms with Gasteiger partial charge in [0.2, 0.25) is 5.88 Å². The Kier molecular flexibility index (Phi) is 3.20. The highest BCUT2D eigenvalue weighted by molar-refractivity contribution is 6.01. The maximum Gasteiger partial charge on any atom is 0.276 e. The summed E-state index contributed by atoms with van der Waals surface area (Å²) < 4.78 is 5.02. The second-order valence-electron chi connectivity index (χ2n) is 5.08. The molecule has 0 atom stereocenters. The average molecular weight is 262 g/mol. The van der Waals surface area contributed by atoms with Gasteiger partial charge in [0.1, 0.15) is 5.69 Å². The predicted octanol–water partition coefficient (Wildman–Crippen LogP) is 1.31. The maximum absolute atomic E-state index is 11.8. The lowest BCUT2D eigenvalue weighted by atomic mass is 9.92. The third-order valence-electron chi connectivity index (χ3n) is 2.43. The van der Waals surface area contributed by atoms with Crippen molar-refractivity contribution in [1.82, 2.24) is 15.1 Å². The van der Waals surface area contributed by atoms with E-state index in [0.29, 0.717) is 0 Å². The summed E-state index contributed by atoms with van der Waals surface area (Å²) in [5.74, 6) is -0.306. The molecule has 2 N–H and O–H groups in total. The number of hydrogen-bond donors (Lipinski definition) is 2. The van der Waals surface area contributed by atoms with E-state index >= 15 is 0 Å². The van der Waals surface area contributed by atoms with Gasteiger partial charge in [-0.1, -0.05) is 25.9 Å². The molecule has 0 radical (unpaired) electrons. The Morgan fingerprint density at radius 1 is 1.37 bits per heavy atom. The van der Waals surface area contributed by atoms with Gasteiger partial charge in [-0.05, 0) is 0 Å². The summed E-state index contributed by atoms with van der Waals surface area (Å²) in [5.41, 5.74) is 0.168.